The summed E-state index contributed by atoms with van der Waals surface area (Å²) in [6.07, 6.45) is 0. The lowest BCUT2D eigenvalue weighted by atomic mass is 10.1. The number of aryl methyl sites for hydroxylation is 2. The monoisotopic (exact) mass is 786 g/mol. The Bertz CT molecular complexity index is 1660. The molecule has 296 valence electrons. The lowest BCUT2D eigenvalue weighted by Gasteiger charge is -2.22. The third-order valence-corrected chi connectivity index (χ3v) is 10.7. The summed E-state index contributed by atoms with van der Waals surface area (Å²) in [7, 11) is 0. The Morgan fingerprint density at radius 1 is 0.537 bits per heavy atom. The second-order valence-electron chi connectivity index (χ2n) is 12.9. The molecule has 0 amide bonds. The first kappa shape index (κ1) is 42.1. The normalized spacial score (nSPS) is 18.0. The van der Waals surface area contributed by atoms with Gasteiger partial charge in [-0.15, -0.1) is 0 Å². The highest BCUT2D eigenvalue weighted by atomic mass is 32.2. The molecule has 12 nitrogen and oxygen atoms in total. The van der Waals surface area contributed by atoms with Crippen molar-refractivity contribution in [1.82, 2.24) is 9.80 Å². The Balaban J connectivity index is 1.01. The van der Waals surface area contributed by atoms with Crippen molar-refractivity contribution < 1.29 is 37.3 Å². The first-order valence-corrected chi connectivity index (χ1v) is 21.0. The van der Waals surface area contributed by atoms with Crippen LogP contribution in [0.4, 0.5) is 0 Å². The molecule has 0 N–H and O–H groups in total. The van der Waals surface area contributed by atoms with Gasteiger partial charge < -0.3 is 37.3 Å². The standard InChI is InChI=1S/C40H54N2O10S2/c1-31-27-39(43)51-37-29-33(3-5-35(31)37)49-15-9-41-7-13-45-17-19-47-20-18-46-14-8-42(12-24-54-26-22-48-21-25-53-23-11-41)10-16-50-34-4-6-36-32(2)28-40(44)52-38(36)30-34/h3-6,27-30H,7-26H2,1-2H3. The van der Waals surface area contributed by atoms with Crippen LogP contribution in [0.1, 0.15) is 11.1 Å². The number of thioether (sulfide) groups is 2. The molecular formula is C40H54N2O10S2. The lowest BCUT2D eigenvalue weighted by molar-refractivity contribution is 0.00680. The van der Waals surface area contributed by atoms with Crippen LogP contribution in [0.5, 0.6) is 11.5 Å². The van der Waals surface area contributed by atoms with E-state index in [9.17, 15) is 9.59 Å². The highest BCUT2D eigenvalue weighted by Gasteiger charge is 2.10. The van der Waals surface area contributed by atoms with Gasteiger partial charge in [0.1, 0.15) is 35.9 Å². The van der Waals surface area contributed by atoms with Crippen LogP contribution in [-0.4, -0.2) is 138 Å². The molecule has 1 aliphatic rings. The topological polar surface area (TPSA) is 122 Å². The van der Waals surface area contributed by atoms with Crippen LogP contribution in [0, 0.1) is 13.8 Å². The number of hydrogen-bond acceptors (Lipinski definition) is 14. The van der Waals surface area contributed by atoms with Crippen molar-refractivity contribution in [2.24, 2.45) is 0 Å². The molecule has 2 aromatic carbocycles. The smallest absolute Gasteiger partial charge is 0.336 e. The Labute approximate surface area is 325 Å². The number of ether oxygens (including phenoxy) is 6. The van der Waals surface area contributed by atoms with E-state index in [1.807, 2.05) is 61.6 Å². The van der Waals surface area contributed by atoms with Crippen molar-refractivity contribution in [3.63, 3.8) is 0 Å². The lowest BCUT2D eigenvalue weighted by Crippen LogP contribution is -2.34. The van der Waals surface area contributed by atoms with Crippen LogP contribution in [-0.2, 0) is 18.9 Å². The minimum atomic E-state index is -0.358. The minimum absolute atomic E-state index is 0.358. The van der Waals surface area contributed by atoms with E-state index in [-0.39, 0.29) is 11.3 Å². The summed E-state index contributed by atoms with van der Waals surface area (Å²) in [5.41, 5.74) is 2.13. The van der Waals surface area contributed by atoms with Crippen molar-refractivity contribution >= 4 is 45.5 Å². The van der Waals surface area contributed by atoms with Crippen LogP contribution < -0.4 is 20.7 Å². The second-order valence-corrected chi connectivity index (χ2v) is 15.3. The van der Waals surface area contributed by atoms with Crippen LogP contribution in [0.3, 0.4) is 0 Å². The molecular weight excluding hydrogens is 733 g/mol. The molecule has 1 aliphatic heterocycles. The first-order valence-electron chi connectivity index (χ1n) is 18.7. The zero-order valence-electron chi connectivity index (χ0n) is 31.6. The summed E-state index contributed by atoms with van der Waals surface area (Å²) in [5.74, 6) is 5.22. The predicted octanol–water partition coefficient (Wildman–Crippen LogP) is 5.12. The highest BCUT2D eigenvalue weighted by molar-refractivity contribution is 7.99. The molecule has 14 heteroatoms. The van der Waals surface area contributed by atoms with Gasteiger partial charge in [0.25, 0.3) is 0 Å². The minimum Gasteiger partial charge on any atom is -0.492 e. The van der Waals surface area contributed by atoms with Crippen LogP contribution in [0.15, 0.2) is 67.0 Å². The Hall–Kier alpha value is -3.08. The van der Waals surface area contributed by atoms with E-state index in [4.69, 9.17) is 37.3 Å². The molecule has 1 fully saturated rings. The van der Waals surface area contributed by atoms with E-state index in [1.54, 1.807) is 12.1 Å². The fourth-order valence-electron chi connectivity index (χ4n) is 5.90. The summed E-state index contributed by atoms with van der Waals surface area (Å²) in [6.45, 7) is 14.4. The van der Waals surface area contributed by atoms with Gasteiger partial charge in [0, 0.05) is 97.3 Å². The number of fused-ring (bicyclic) bond motifs is 2. The maximum atomic E-state index is 11.8. The maximum absolute atomic E-state index is 11.8. The second kappa shape index (κ2) is 23.8. The van der Waals surface area contributed by atoms with Crippen molar-refractivity contribution in [1.29, 1.82) is 0 Å². The SMILES string of the molecule is Cc1cc(=O)oc2cc(OCCN3CCOCCOCCOCCN(CCOc4ccc5c(C)cc(=O)oc5c4)CCSCCOCCSCC3)ccc12. The van der Waals surface area contributed by atoms with Gasteiger partial charge >= 0.3 is 11.3 Å². The number of hydrogen-bond donors (Lipinski definition) is 0. The van der Waals surface area contributed by atoms with Gasteiger partial charge in [-0.2, -0.15) is 23.5 Å². The van der Waals surface area contributed by atoms with Crippen LogP contribution in [0.2, 0.25) is 0 Å². The van der Waals surface area contributed by atoms with E-state index >= 15 is 0 Å². The number of rotatable bonds is 8. The van der Waals surface area contributed by atoms with E-state index in [2.05, 4.69) is 9.80 Å². The van der Waals surface area contributed by atoms with Gasteiger partial charge in [0.05, 0.1) is 52.9 Å². The summed E-state index contributed by atoms with van der Waals surface area (Å²) < 4.78 is 46.3. The summed E-state index contributed by atoms with van der Waals surface area (Å²) in [5, 5.41) is 1.81. The van der Waals surface area contributed by atoms with Crippen LogP contribution >= 0.6 is 23.5 Å². The molecule has 0 bridgehead atoms. The summed E-state index contributed by atoms with van der Waals surface area (Å²) in [6, 6.07) is 14.3. The van der Waals surface area contributed by atoms with E-state index < -0.39 is 0 Å². The molecule has 0 spiro atoms. The fourth-order valence-corrected chi connectivity index (χ4v) is 7.56. The Morgan fingerprint density at radius 2 is 0.963 bits per heavy atom. The van der Waals surface area contributed by atoms with Crippen LogP contribution in [0.25, 0.3) is 21.9 Å². The van der Waals surface area contributed by atoms with Gasteiger partial charge in [0.15, 0.2) is 0 Å². The molecule has 54 heavy (non-hydrogen) atoms. The Kier molecular flexibility index (Phi) is 18.5. The zero-order chi connectivity index (χ0) is 37.8. The summed E-state index contributed by atoms with van der Waals surface area (Å²) >= 11 is 3.78. The Morgan fingerprint density at radius 3 is 1.43 bits per heavy atom. The summed E-state index contributed by atoms with van der Waals surface area (Å²) in [4.78, 5) is 28.4. The molecule has 3 heterocycles. The number of nitrogens with zero attached hydrogens (tertiary/aromatic N) is 2. The van der Waals surface area contributed by atoms with E-state index in [0.717, 1.165) is 97.4 Å². The molecule has 0 radical (unpaired) electrons. The molecule has 5 rings (SSSR count). The number of benzene rings is 2. The highest BCUT2D eigenvalue weighted by Crippen LogP contribution is 2.23. The van der Waals surface area contributed by atoms with E-state index in [1.165, 1.54) is 12.1 Å². The van der Waals surface area contributed by atoms with Crippen molar-refractivity contribution in [3.05, 3.63) is 80.5 Å². The first-order chi connectivity index (χ1) is 26.4. The molecule has 0 aliphatic carbocycles. The third kappa shape index (κ3) is 14.9. The van der Waals surface area contributed by atoms with E-state index in [0.29, 0.717) is 75.5 Å². The molecule has 0 atom stereocenters. The maximum Gasteiger partial charge on any atom is 0.336 e. The predicted molar refractivity (Wildman–Crippen MR) is 216 cm³/mol. The van der Waals surface area contributed by atoms with Crippen molar-refractivity contribution in [2.45, 2.75) is 13.8 Å². The quantitative estimate of drug-likeness (QED) is 0.220. The van der Waals surface area contributed by atoms with Crippen molar-refractivity contribution in [3.8, 4) is 11.5 Å². The fraction of sp³-hybridized carbons (Fsp3) is 0.550. The largest absolute Gasteiger partial charge is 0.492 e. The van der Waals surface area contributed by atoms with Gasteiger partial charge in [-0.05, 0) is 49.2 Å². The zero-order valence-corrected chi connectivity index (χ0v) is 33.2. The molecule has 0 saturated carbocycles. The average molecular weight is 787 g/mol. The molecule has 4 aromatic rings. The molecule has 1 saturated heterocycles. The average Bonchev–Trinajstić information content (AvgIpc) is 3.14. The molecule has 0 unspecified atom stereocenters. The third-order valence-electron chi connectivity index (χ3n) is 8.89. The van der Waals surface area contributed by atoms with Gasteiger partial charge in [-0.25, -0.2) is 9.59 Å². The van der Waals surface area contributed by atoms with Crippen molar-refractivity contribution in [2.75, 3.05) is 128 Å². The van der Waals surface area contributed by atoms with Gasteiger partial charge in [-0.1, -0.05) is 0 Å². The van der Waals surface area contributed by atoms with Gasteiger partial charge in [0.2, 0.25) is 0 Å². The van der Waals surface area contributed by atoms with Gasteiger partial charge in [-0.3, -0.25) is 9.80 Å². The molecule has 2 aromatic heterocycles.